The van der Waals surface area contributed by atoms with Gasteiger partial charge in [0, 0.05) is 20.0 Å². The molecule has 0 atom stereocenters. The van der Waals surface area contributed by atoms with Gasteiger partial charge in [-0.05, 0) is 13.8 Å². The maximum absolute atomic E-state index is 11.2. The summed E-state index contributed by atoms with van der Waals surface area (Å²) in [6.07, 6.45) is 0.518. The van der Waals surface area contributed by atoms with Crippen molar-refractivity contribution < 1.29 is 14.4 Å². The lowest BCUT2D eigenvalue weighted by Gasteiger charge is -2.06. The van der Waals surface area contributed by atoms with Gasteiger partial charge in [-0.25, -0.2) is 4.79 Å². The zero-order valence-corrected chi connectivity index (χ0v) is 11.0. The summed E-state index contributed by atoms with van der Waals surface area (Å²) in [6.45, 7) is 3.89. The van der Waals surface area contributed by atoms with Crippen LogP contribution in [-0.2, 0) is 13.5 Å². The third kappa shape index (κ3) is 2.72. The van der Waals surface area contributed by atoms with Gasteiger partial charge in [-0.15, -0.1) is 0 Å². The lowest BCUT2D eigenvalue weighted by Crippen LogP contribution is -2.12. The molecule has 2 aromatic rings. The lowest BCUT2D eigenvalue weighted by atomic mass is 10.2. The van der Waals surface area contributed by atoms with E-state index in [-0.39, 0.29) is 5.56 Å². The highest BCUT2D eigenvalue weighted by Crippen LogP contribution is 2.18. The van der Waals surface area contributed by atoms with E-state index in [0.29, 0.717) is 36.2 Å². The molecule has 0 aliphatic rings. The quantitative estimate of drug-likeness (QED) is 0.822. The molecule has 0 radical (unpaired) electrons. The van der Waals surface area contributed by atoms with Crippen LogP contribution in [0.4, 0.5) is 5.82 Å². The van der Waals surface area contributed by atoms with Crippen LogP contribution in [0.3, 0.4) is 0 Å². The number of hydrogen-bond acceptors (Lipinski definition) is 6. The summed E-state index contributed by atoms with van der Waals surface area (Å²) >= 11 is 0. The molecule has 19 heavy (non-hydrogen) atoms. The van der Waals surface area contributed by atoms with E-state index in [0.717, 1.165) is 0 Å². The molecule has 0 unspecified atom stereocenters. The van der Waals surface area contributed by atoms with Crippen LogP contribution < -0.4 is 5.32 Å². The van der Waals surface area contributed by atoms with Gasteiger partial charge >= 0.3 is 5.97 Å². The van der Waals surface area contributed by atoms with Crippen molar-refractivity contribution in [3.63, 3.8) is 0 Å². The Balaban J connectivity index is 2.05. The minimum atomic E-state index is -0.998. The number of carboxylic acid groups (broad SMARTS) is 1. The Kier molecular flexibility index (Phi) is 3.50. The van der Waals surface area contributed by atoms with E-state index in [1.807, 2.05) is 0 Å². The Morgan fingerprint density at radius 2 is 2.21 bits per heavy atom. The fraction of sp³-hybridized carbons (Fsp3) is 0.455. The molecule has 2 N–H and O–H groups in total. The monoisotopic (exact) mass is 265 g/mol. The summed E-state index contributed by atoms with van der Waals surface area (Å²) in [6, 6.07) is 0. The van der Waals surface area contributed by atoms with Gasteiger partial charge in [-0.1, -0.05) is 5.16 Å². The average Bonchev–Trinajstić information content (AvgIpc) is 2.84. The molecule has 102 valence electrons. The first-order valence-electron chi connectivity index (χ1n) is 5.79. The van der Waals surface area contributed by atoms with Crippen molar-refractivity contribution in [3.8, 4) is 0 Å². The molecule has 2 aromatic heterocycles. The summed E-state index contributed by atoms with van der Waals surface area (Å²) < 4.78 is 6.49. The molecular formula is C11H15N5O3. The summed E-state index contributed by atoms with van der Waals surface area (Å²) in [4.78, 5) is 15.2. The van der Waals surface area contributed by atoms with Gasteiger partial charge in [0.05, 0.1) is 5.69 Å². The summed E-state index contributed by atoms with van der Waals surface area (Å²) in [7, 11) is 1.69. The SMILES string of the molecule is Cc1noc(CCNc2c(C(=O)O)c(C)nn2C)n1. The average molecular weight is 265 g/mol. The van der Waals surface area contributed by atoms with Gasteiger partial charge in [0.15, 0.2) is 5.82 Å². The summed E-state index contributed by atoms with van der Waals surface area (Å²) in [5.74, 6) is 0.571. The van der Waals surface area contributed by atoms with E-state index in [2.05, 4.69) is 20.6 Å². The minimum Gasteiger partial charge on any atom is -0.477 e. The normalized spacial score (nSPS) is 10.7. The maximum Gasteiger partial charge on any atom is 0.341 e. The molecule has 2 heterocycles. The Hall–Kier alpha value is -2.38. The number of aromatic carboxylic acids is 1. The van der Waals surface area contributed by atoms with Crippen molar-refractivity contribution in [1.82, 2.24) is 19.9 Å². The van der Waals surface area contributed by atoms with Gasteiger partial charge in [-0.3, -0.25) is 4.68 Å². The van der Waals surface area contributed by atoms with Crippen LogP contribution in [0.25, 0.3) is 0 Å². The molecule has 0 aromatic carbocycles. The first-order chi connectivity index (χ1) is 8.99. The molecule has 8 heteroatoms. The largest absolute Gasteiger partial charge is 0.477 e. The number of aromatic nitrogens is 4. The Morgan fingerprint density at radius 3 is 2.79 bits per heavy atom. The first kappa shape index (κ1) is 13.1. The van der Waals surface area contributed by atoms with Crippen LogP contribution in [-0.4, -0.2) is 37.5 Å². The summed E-state index contributed by atoms with van der Waals surface area (Å²) in [5.41, 5.74) is 0.662. The second-order valence-corrected chi connectivity index (χ2v) is 4.15. The Labute approximate surface area is 109 Å². The smallest absolute Gasteiger partial charge is 0.341 e. The second-order valence-electron chi connectivity index (χ2n) is 4.15. The molecule has 0 saturated carbocycles. The van der Waals surface area contributed by atoms with E-state index in [1.165, 1.54) is 4.68 Å². The van der Waals surface area contributed by atoms with Gasteiger partial charge in [0.25, 0.3) is 0 Å². The molecule has 0 aliphatic carbocycles. The molecule has 0 bridgehead atoms. The Morgan fingerprint density at radius 1 is 1.47 bits per heavy atom. The van der Waals surface area contributed by atoms with Crippen LogP contribution in [0.2, 0.25) is 0 Å². The molecule has 0 spiro atoms. The van der Waals surface area contributed by atoms with Crippen molar-refractivity contribution in [2.24, 2.45) is 7.05 Å². The number of hydrogen-bond donors (Lipinski definition) is 2. The number of aryl methyl sites for hydroxylation is 3. The Bertz CT molecular complexity index is 601. The first-order valence-corrected chi connectivity index (χ1v) is 5.79. The van der Waals surface area contributed by atoms with E-state index in [4.69, 9.17) is 9.63 Å². The molecule has 8 nitrogen and oxygen atoms in total. The van der Waals surface area contributed by atoms with Gasteiger partial charge < -0.3 is 14.9 Å². The fourth-order valence-corrected chi connectivity index (χ4v) is 1.85. The topological polar surface area (TPSA) is 106 Å². The predicted octanol–water partition coefficient (Wildman–Crippen LogP) is 0.773. The lowest BCUT2D eigenvalue weighted by molar-refractivity contribution is 0.0697. The van der Waals surface area contributed by atoms with Crippen LogP contribution >= 0.6 is 0 Å². The van der Waals surface area contributed by atoms with Gasteiger partial charge in [-0.2, -0.15) is 10.1 Å². The number of carbonyl (C=O) groups is 1. The minimum absolute atomic E-state index is 0.184. The molecule has 0 amide bonds. The predicted molar refractivity (Wildman–Crippen MR) is 66.1 cm³/mol. The number of anilines is 1. The van der Waals surface area contributed by atoms with E-state index in [9.17, 15) is 4.79 Å². The summed E-state index contributed by atoms with van der Waals surface area (Å²) in [5, 5.41) is 19.9. The highest BCUT2D eigenvalue weighted by molar-refractivity contribution is 5.94. The molecule has 2 rings (SSSR count). The highest BCUT2D eigenvalue weighted by atomic mass is 16.5. The standard InChI is InChI=1S/C11H15N5O3/c1-6-9(11(17)18)10(16(3)14-6)12-5-4-8-13-7(2)15-19-8/h12H,4-5H2,1-3H3,(H,17,18). The van der Waals surface area contributed by atoms with Gasteiger partial charge in [0.2, 0.25) is 5.89 Å². The zero-order chi connectivity index (χ0) is 14.0. The third-order valence-electron chi connectivity index (χ3n) is 2.64. The molecule has 0 saturated heterocycles. The van der Waals surface area contributed by atoms with Crippen LogP contribution in [0.5, 0.6) is 0 Å². The van der Waals surface area contributed by atoms with Crippen molar-refractivity contribution in [3.05, 3.63) is 23.0 Å². The van der Waals surface area contributed by atoms with Crippen molar-refractivity contribution >= 4 is 11.8 Å². The number of rotatable bonds is 5. The number of nitrogens with zero attached hydrogens (tertiary/aromatic N) is 4. The van der Waals surface area contributed by atoms with Crippen molar-refractivity contribution in [2.45, 2.75) is 20.3 Å². The molecular weight excluding hydrogens is 250 g/mol. The van der Waals surface area contributed by atoms with Gasteiger partial charge in [0.1, 0.15) is 11.4 Å². The second kappa shape index (κ2) is 5.09. The number of nitrogens with one attached hydrogen (secondary N) is 1. The maximum atomic E-state index is 11.2. The number of carboxylic acids is 1. The van der Waals surface area contributed by atoms with E-state index in [1.54, 1.807) is 20.9 Å². The van der Waals surface area contributed by atoms with Crippen molar-refractivity contribution in [2.75, 3.05) is 11.9 Å². The highest BCUT2D eigenvalue weighted by Gasteiger charge is 2.19. The fourth-order valence-electron chi connectivity index (χ4n) is 1.85. The van der Waals surface area contributed by atoms with Crippen molar-refractivity contribution in [1.29, 1.82) is 0 Å². The van der Waals surface area contributed by atoms with Crippen LogP contribution in [0.1, 0.15) is 27.8 Å². The third-order valence-corrected chi connectivity index (χ3v) is 2.64. The zero-order valence-electron chi connectivity index (χ0n) is 11.0. The molecule has 0 aliphatic heterocycles. The van der Waals surface area contributed by atoms with E-state index >= 15 is 0 Å². The van der Waals surface area contributed by atoms with Crippen LogP contribution in [0.15, 0.2) is 4.52 Å². The molecule has 0 fully saturated rings. The van der Waals surface area contributed by atoms with E-state index < -0.39 is 5.97 Å². The van der Waals surface area contributed by atoms with Crippen LogP contribution in [0, 0.1) is 13.8 Å².